The molecule has 0 spiro atoms. The number of nitro groups is 1. The van der Waals surface area contributed by atoms with E-state index in [0.29, 0.717) is 16.9 Å². The van der Waals surface area contributed by atoms with E-state index in [2.05, 4.69) is 5.43 Å². The van der Waals surface area contributed by atoms with Gasteiger partial charge in [0.15, 0.2) is 0 Å². The Morgan fingerprint density at radius 3 is 2.41 bits per heavy atom. The second-order valence-corrected chi connectivity index (χ2v) is 6.01. The molecule has 2 aromatic rings. The third-order valence-corrected chi connectivity index (χ3v) is 3.98. The second-order valence-electron chi connectivity index (χ2n) is 6.01. The van der Waals surface area contributed by atoms with Crippen molar-refractivity contribution in [3.05, 3.63) is 69.5 Å². The predicted octanol–water partition coefficient (Wildman–Crippen LogP) is 2.26. The van der Waals surface area contributed by atoms with Crippen LogP contribution < -0.4 is 15.3 Å². The highest BCUT2D eigenvalue weighted by Gasteiger charge is 2.34. The van der Waals surface area contributed by atoms with Crippen LogP contribution in [-0.2, 0) is 9.59 Å². The van der Waals surface area contributed by atoms with Crippen molar-refractivity contribution in [1.29, 1.82) is 0 Å². The average molecular weight is 370 g/mol. The Balaban J connectivity index is 2.03. The highest BCUT2D eigenvalue weighted by molar-refractivity contribution is 6.31. The zero-order valence-electron chi connectivity index (χ0n) is 14.5. The fraction of sp³-hybridized carbons (Fsp3) is 0.111. The number of hydrogen-bond acceptors (Lipinski definition) is 5. The van der Waals surface area contributed by atoms with Crippen LogP contribution in [0.1, 0.15) is 5.56 Å². The lowest BCUT2D eigenvalue weighted by molar-refractivity contribution is -0.384. The van der Waals surface area contributed by atoms with Crippen LogP contribution in [0, 0.1) is 15.9 Å². The maximum Gasteiger partial charge on any atom is 0.282 e. The number of halogens is 1. The minimum Gasteiger partial charge on any atom is -0.377 e. The molecule has 1 N–H and O–H groups in total. The molecule has 0 bridgehead atoms. The number of benzene rings is 2. The number of carbonyl (C=O) groups excluding carboxylic acids is 2. The molecule has 0 atom stereocenters. The highest BCUT2D eigenvalue weighted by Crippen LogP contribution is 2.28. The standard InChI is InChI=1S/C18H15FN4O4/c1-21(2)16-8-7-14(23(26)27)9-11(16)10-15-17(24)20-22(18(15)25)13-5-3-12(19)4-6-13/h3-10H,1-2H3,(H,20,24)/b15-10-. The van der Waals surface area contributed by atoms with Gasteiger partial charge in [0.05, 0.1) is 10.6 Å². The summed E-state index contributed by atoms with van der Waals surface area (Å²) in [5.74, 6) is -1.76. The lowest BCUT2D eigenvalue weighted by Gasteiger charge is -2.15. The van der Waals surface area contributed by atoms with E-state index >= 15 is 0 Å². The largest absolute Gasteiger partial charge is 0.377 e. The Kier molecular flexibility index (Phi) is 4.59. The van der Waals surface area contributed by atoms with Gasteiger partial charge in [0.2, 0.25) is 0 Å². The zero-order valence-corrected chi connectivity index (χ0v) is 14.5. The first-order valence-corrected chi connectivity index (χ1v) is 7.86. The van der Waals surface area contributed by atoms with Crippen molar-refractivity contribution in [3.63, 3.8) is 0 Å². The van der Waals surface area contributed by atoms with Crippen LogP contribution in [0.25, 0.3) is 6.08 Å². The molecule has 1 saturated heterocycles. The average Bonchev–Trinajstić information content (AvgIpc) is 2.90. The lowest BCUT2D eigenvalue weighted by atomic mass is 10.1. The number of nitrogens with one attached hydrogen (secondary N) is 1. The SMILES string of the molecule is CN(C)c1ccc([N+](=O)[O-])cc1/C=C1/C(=O)NN(c2ccc(F)cc2)C1=O. The quantitative estimate of drug-likeness (QED) is 0.385. The van der Waals surface area contributed by atoms with Crippen molar-refractivity contribution in [3.8, 4) is 0 Å². The molecule has 8 nitrogen and oxygen atoms in total. The van der Waals surface area contributed by atoms with Gasteiger partial charge in [0.1, 0.15) is 11.4 Å². The van der Waals surface area contributed by atoms with Crippen LogP contribution >= 0.6 is 0 Å². The molecule has 0 aromatic heterocycles. The highest BCUT2D eigenvalue weighted by atomic mass is 19.1. The lowest BCUT2D eigenvalue weighted by Crippen LogP contribution is -2.35. The maximum absolute atomic E-state index is 13.1. The fourth-order valence-corrected chi connectivity index (χ4v) is 2.66. The Morgan fingerprint density at radius 1 is 1.15 bits per heavy atom. The van der Waals surface area contributed by atoms with E-state index in [-0.39, 0.29) is 11.3 Å². The van der Waals surface area contributed by atoms with Gasteiger partial charge in [-0.1, -0.05) is 0 Å². The predicted molar refractivity (Wildman–Crippen MR) is 97.4 cm³/mol. The number of nitro benzene ring substituents is 1. The Morgan fingerprint density at radius 2 is 1.81 bits per heavy atom. The normalized spacial score (nSPS) is 15.2. The minimum absolute atomic E-state index is 0.159. The summed E-state index contributed by atoms with van der Waals surface area (Å²) >= 11 is 0. The van der Waals surface area contributed by atoms with E-state index in [0.717, 1.165) is 5.01 Å². The van der Waals surface area contributed by atoms with Crippen LogP contribution in [0.15, 0.2) is 48.0 Å². The molecule has 0 unspecified atom stereocenters. The van der Waals surface area contributed by atoms with E-state index in [1.807, 2.05) is 0 Å². The molecule has 27 heavy (non-hydrogen) atoms. The molecule has 1 aliphatic rings. The monoisotopic (exact) mass is 370 g/mol. The molecule has 1 heterocycles. The number of nitrogens with zero attached hydrogens (tertiary/aromatic N) is 3. The van der Waals surface area contributed by atoms with Gasteiger partial charge in [0.25, 0.3) is 17.5 Å². The number of rotatable bonds is 4. The summed E-state index contributed by atoms with van der Waals surface area (Å²) in [5, 5.41) is 12.1. The van der Waals surface area contributed by atoms with Crippen LogP contribution in [0.2, 0.25) is 0 Å². The van der Waals surface area contributed by atoms with Crippen LogP contribution in [0.5, 0.6) is 0 Å². The smallest absolute Gasteiger partial charge is 0.282 e. The van der Waals surface area contributed by atoms with E-state index in [1.165, 1.54) is 42.5 Å². The summed E-state index contributed by atoms with van der Waals surface area (Å²) in [6.45, 7) is 0. The molecule has 9 heteroatoms. The fourth-order valence-electron chi connectivity index (χ4n) is 2.66. The van der Waals surface area contributed by atoms with Crippen molar-refractivity contribution in [2.75, 3.05) is 24.0 Å². The molecule has 1 fully saturated rings. The van der Waals surface area contributed by atoms with Gasteiger partial charge in [-0.15, -0.1) is 0 Å². The van der Waals surface area contributed by atoms with E-state index in [1.54, 1.807) is 25.1 Å². The molecule has 2 aromatic carbocycles. The second kappa shape index (κ2) is 6.87. The van der Waals surface area contributed by atoms with Gasteiger partial charge in [-0.25, -0.2) is 9.40 Å². The molecule has 3 rings (SSSR count). The molecule has 0 radical (unpaired) electrons. The number of anilines is 2. The summed E-state index contributed by atoms with van der Waals surface area (Å²) in [7, 11) is 3.48. The topological polar surface area (TPSA) is 95.8 Å². The molecule has 2 amide bonds. The van der Waals surface area contributed by atoms with Gasteiger partial charge in [-0.3, -0.25) is 25.1 Å². The summed E-state index contributed by atoms with van der Waals surface area (Å²) in [4.78, 5) is 37.1. The van der Waals surface area contributed by atoms with E-state index in [9.17, 15) is 24.1 Å². The number of hydrogen-bond donors (Lipinski definition) is 1. The summed E-state index contributed by atoms with van der Waals surface area (Å²) < 4.78 is 13.1. The van der Waals surface area contributed by atoms with Crippen molar-refractivity contribution < 1.29 is 18.9 Å². The van der Waals surface area contributed by atoms with E-state index in [4.69, 9.17) is 0 Å². The number of amides is 2. The molecule has 0 saturated carbocycles. The van der Waals surface area contributed by atoms with Crippen molar-refractivity contribution in [2.24, 2.45) is 0 Å². The van der Waals surface area contributed by atoms with Gasteiger partial charge in [0, 0.05) is 37.5 Å². The molecule has 0 aliphatic carbocycles. The summed E-state index contributed by atoms with van der Waals surface area (Å²) in [5.41, 5.74) is 3.32. The number of carbonyl (C=O) groups is 2. The van der Waals surface area contributed by atoms with Crippen molar-refractivity contribution in [1.82, 2.24) is 5.43 Å². The van der Waals surface area contributed by atoms with E-state index < -0.39 is 22.6 Å². The van der Waals surface area contributed by atoms with Crippen LogP contribution in [0.4, 0.5) is 21.5 Å². The Labute approximate surface area is 153 Å². The van der Waals surface area contributed by atoms with Crippen molar-refractivity contribution in [2.45, 2.75) is 0 Å². The Bertz CT molecular complexity index is 970. The Hall–Kier alpha value is -3.75. The molecule has 1 aliphatic heterocycles. The van der Waals surface area contributed by atoms with Crippen LogP contribution in [-0.4, -0.2) is 30.8 Å². The van der Waals surface area contributed by atoms with Gasteiger partial charge >= 0.3 is 0 Å². The minimum atomic E-state index is -0.652. The molecular weight excluding hydrogens is 355 g/mol. The first-order chi connectivity index (χ1) is 12.8. The third-order valence-electron chi connectivity index (χ3n) is 3.98. The van der Waals surface area contributed by atoms with Crippen molar-refractivity contribution >= 4 is 35.0 Å². The van der Waals surface area contributed by atoms with Gasteiger partial charge < -0.3 is 4.90 Å². The van der Waals surface area contributed by atoms with Crippen LogP contribution in [0.3, 0.4) is 0 Å². The first kappa shape index (κ1) is 18.1. The summed E-state index contributed by atoms with van der Waals surface area (Å²) in [6.07, 6.45) is 1.31. The summed E-state index contributed by atoms with van der Waals surface area (Å²) in [6, 6.07) is 9.23. The first-order valence-electron chi connectivity index (χ1n) is 7.86. The zero-order chi connectivity index (χ0) is 19.7. The van der Waals surface area contributed by atoms with Gasteiger partial charge in [-0.05, 0) is 36.4 Å². The molecule has 138 valence electrons. The molecular formula is C18H15FN4O4. The van der Waals surface area contributed by atoms with Gasteiger partial charge in [-0.2, -0.15) is 0 Å². The maximum atomic E-state index is 13.1. The number of hydrazine groups is 1. The third kappa shape index (κ3) is 3.47. The number of non-ortho nitro benzene ring substituents is 1.